The van der Waals surface area contributed by atoms with Crippen LogP contribution in [0.25, 0.3) is 11.1 Å². The maximum atomic E-state index is 13.0. The summed E-state index contributed by atoms with van der Waals surface area (Å²) in [6.45, 7) is 4.37. The Morgan fingerprint density at radius 2 is 1.52 bits per heavy atom. The number of hydrogen-bond acceptors (Lipinski definition) is 5. The number of carbonyl (C=O) groups is 3. The van der Waals surface area contributed by atoms with Crippen molar-refractivity contribution in [1.82, 2.24) is 15.5 Å². The van der Waals surface area contributed by atoms with Crippen LogP contribution in [0.4, 0.5) is 4.79 Å². The summed E-state index contributed by atoms with van der Waals surface area (Å²) in [5, 5.41) is 15.7. The first-order chi connectivity index (χ1) is 20.4. The number of carboxylic acid groups (broad SMARTS) is 1. The summed E-state index contributed by atoms with van der Waals surface area (Å²) in [6.07, 6.45) is 1.32. The number of rotatable bonds is 11. The minimum Gasteiger partial charge on any atom is -0.480 e. The van der Waals surface area contributed by atoms with Crippen LogP contribution in [-0.4, -0.2) is 59.8 Å². The van der Waals surface area contributed by atoms with Gasteiger partial charge >= 0.3 is 12.1 Å². The second-order valence-electron chi connectivity index (χ2n) is 11.4. The van der Waals surface area contributed by atoms with Crippen LogP contribution in [0.15, 0.2) is 78.9 Å². The van der Waals surface area contributed by atoms with Crippen molar-refractivity contribution < 1.29 is 24.2 Å². The molecule has 1 unspecified atom stereocenters. The van der Waals surface area contributed by atoms with Crippen molar-refractivity contribution >= 4 is 18.0 Å². The van der Waals surface area contributed by atoms with E-state index < -0.39 is 17.6 Å². The molecule has 0 radical (unpaired) electrons. The van der Waals surface area contributed by atoms with Crippen LogP contribution < -0.4 is 10.6 Å². The number of benzene rings is 3. The highest BCUT2D eigenvalue weighted by molar-refractivity contribution is 5.88. The highest BCUT2D eigenvalue weighted by atomic mass is 16.5. The Morgan fingerprint density at radius 3 is 2.14 bits per heavy atom. The molecule has 1 atom stereocenters. The molecule has 1 fully saturated rings. The van der Waals surface area contributed by atoms with E-state index in [1.807, 2.05) is 42.5 Å². The topological polar surface area (TPSA) is 108 Å². The second-order valence-corrected chi connectivity index (χ2v) is 11.4. The van der Waals surface area contributed by atoms with Gasteiger partial charge in [-0.2, -0.15) is 0 Å². The highest BCUT2D eigenvalue weighted by Gasteiger charge is 2.43. The van der Waals surface area contributed by atoms with E-state index in [1.165, 1.54) is 16.7 Å². The lowest BCUT2D eigenvalue weighted by Crippen LogP contribution is -2.60. The summed E-state index contributed by atoms with van der Waals surface area (Å²) in [5.74, 6) is -1.64. The number of carboxylic acids is 1. The van der Waals surface area contributed by atoms with E-state index in [4.69, 9.17) is 4.74 Å². The van der Waals surface area contributed by atoms with Gasteiger partial charge in [0.25, 0.3) is 0 Å². The van der Waals surface area contributed by atoms with E-state index in [0.717, 1.165) is 17.7 Å². The molecule has 42 heavy (non-hydrogen) atoms. The summed E-state index contributed by atoms with van der Waals surface area (Å²) in [5.41, 5.74) is 4.61. The molecule has 1 saturated heterocycles. The average Bonchev–Trinajstić information content (AvgIpc) is 3.33. The molecule has 0 spiro atoms. The normalized spacial score (nSPS) is 16.6. The molecule has 8 nitrogen and oxygen atoms in total. The Morgan fingerprint density at radius 1 is 0.929 bits per heavy atom. The van der Waals surface area contributed by atoms with Gasteiger partial charge in [-0.05, 0) is 53.5 Å². The molecule has 0 aromatic heterocycles. The monoisotopic (exact) mass is 569 g/mol. The molecule has 2 amide bonds. The van der Waals surface area contributed by atoms with Gasteiger partial charge in [-0.1, -0.05) is 85.8 Å². The number of ether oxygens (including phenoxy) is 1. The first-order valence-electron chi connectivity index (χ1n) is 14.8. The van der Waals surface area contributed by atoms with Crippen molar-refractivity contribution in [3.63, 3.8) is 0 Å². The molecular weight excluding hydrogens is 530 g/mol. The number of aliphatic carboxylic acids is 1. The predicted octanol–water partition coefficient (Wildman–Crippen LogP) is 5.18. The fourth-order valence-corrected chi connectivity index (χ4v) is 6.07. The van der Waals surface area contributed by atoms with E-state index >= 15 is 0 Å². The number of hydrogen-bond donors (Lipinski definition) is 3. The Bertz CT molecular complexity index is 1360. The SMILES string of the molecule is CC(CCCNC(=O)OCC1c2ccccc2-c2ccccc21)C(=O)NC1(C(=O)O)CCN(Cc2ccccc2)CC1. The number of piperidine rings is 1. The van der Waals surface area contributed by atoms with Gasteiger partial charge in [0.2, 0.25) is 5.91 Å². The molecule has 3 aromatic rings. The zero-order chi connectivity index (χ0) is 29.5. The maximum Gasteiger partial charge on any atom is 0.407 e. The first kappa shape index (κ1) is 29.3. The highest BCUT2D eigenvalue weighted by Crippen LogP contribution is 2.44. The largest absolute Gasteiger partial charge is 0.480 e. The third-order valence-electron chi connectivity index (χ3n) is 8.60. The molecule has 220 valence electrons. The number of fused-ring (bicyclic) bond motifs is 3. The van der Waals surface area contributed by atoms with Gasteiger partial charge < -0.3 is 20.5 Å². The van der Waals surface area contributed by atoms with Crippen LogP contribution in [0.5, 0.6) is 0 Å². The lowest BCUT2D eigenvalue weighted by atomic mass is 9.86. The van der Waals surface area contributed by atoms with Crippen LogP contribution in [0.1, 0.15) is 55.2 Å². The third kappa shape index (κ3) is 6.65. The molecule has 2 aliphatic rings. The Kier molecular flexibility index (Phi) is 9.22. The Labute approximate surface area is 247 Å². The molecule has 1 heterocycles. The van der Waals surface area contributed by atoms with Crippen molar-refractivity contribution in [3.8, 4) is 11.1 Å². The molecule has 3 aromatic carbocycles. The average molecular weight is 570 g/mol. The van der Waals surface area contributed by atoms with Crippen LogP contribution in [0, 0.1) is 5.92 Å². The van der Waals surface area contributed by atoms with Gasteiger partial charge in [0.1, 0.15) is 12.1 Å². The van der Waals surface area contributed by atoms with Crippen molar-refractivity contribution in [2.75, 3.05) is 26.2 Å². The summed E-state index contributed by atoms with van der Waals surface area (Å²) >= 11 is 0. The van der Waals surface area contributed by atoms with Crippen LogP contribution in [0.2, 0.25) is 0 Å². The van der Waals surface area contributed by atoms with Gasteiger partial charge in [-0.15, -0.1) is 0 Å². The molecule has 8 heteroatoms. The zero-order valence-electron chi connectivity index (χ0n) is 24.1. The number of likely N-dealkylation sites (tertiary alicyclic amines) is 1. The van der Waals surface area contributed by atoms with Crippen molar-refractivity contribution in [1.29, 1.82) is 0 Å². The van der Waals surface area contributed by atoms with Gasteiger partial charge in [0, 0.05) is 38.0 Å². The number of nitrogens with one attached hydrogen (secondary N) is 2. The van der Waals surface area contributed by atoms with E-state index in [-0.39, 0.29) is 24.3 Å². The lowest BCUT2D eigenvalue weighted by Gasteiger charge is -2.39. The molecule has 5 rings (SSSR count). The Hall–Kier alpha value is -4.17. The minimum absolute atomic E-state index is 0.00127. The van der Waals surface area contributed by atoms with Gasteiger partial charge in [-0.25, -0.2) is 9.59 Å². The number of alkyl carbamates (subject to hydrolysis) is 1. The van der Waals surface area contributed by atoms with E-state index in [1.54, 1.807) is 6.92 Å². The quantitative estimate of drug-likeness (QED) is 0.275. The maximum absolute atomic E-state index is 13.0. The summed E-state index contributed by atoms with van der Waals surface area (Å²) in [4.78, 5) is 39.9. The molecule has 3 N–H and O–H groups in total. The molecular formula is C34H39N3O5. The zero-order valence-corrected chi connectivity index (χ0v) is 24.1. The summed E-state index contributed by atoms with van der Waals surface area (Å²) in [7, 11) is 0. The van der Waals surface area contributed by atoms with Crippen molar-refractivity contribution in [2.24, 2.45) is 5.92 Å². The van der Waals surface area contributed by atoms with E-state index in [0.29, 0.717) is 45.3 Å². The van der Waals surface area contributed by atoms with Gasteiger partial charge in [-0.3, -0.25) is 9.69 Å². The van der Waals surface area contributed by atoms with Crippen LogP contribution in [0.3, 0.4) is 0 Å². The molecule has 0 saturated carbocycles. The minimum atomic E-state index is -1.25. The van der Waals surface area contributed by atoms with E-state index in [9.17, 15) is 19.5 Å². The summed E-state index contributed by atoms with van der Waals surface area (Å²) in [6, 6.07) is 26.5. The number of nitrogens with zero attached hydrogens (tertiary/aromatic N) is 1. The van der Waals surface area contributed by atoms with Crippen LogP contribution in [-0.2, 0) is 20.9 Å². The third-order valence-corrected chi connectivity index (χ3v) is 8.60. The van der Waals surface area contributed by atoms with E-state index in [2.05, 4.69) is 51.9 Å². The van der Waals surface area contributed by atoms with Gasteiger partial charge in [0.15, 0.2) is 0 Å². The lowest BCUT2D eigenvalue weighted by molar-refractivity contribution is -0.150. The smallest absolute Gasteiger partial charge is 0.407 e. The fraction of sp³-hybridized carbons (Fsp3) is 0.382. The number of carbonyl (C=O) groups excluding carboxylic acids is 2. The number of amides is 2. The molecule has 1 aliphatic heterocycles. The summed E-state index contributed by atoms with van der Waals surface area (Å²) < 4.78 is 5.58. The predicted molar refractivity (Wildman–Crippen MR) is 161 cm³/mol. The molecule has 1 aliphatic carbocycles. The first-order valence-corrected chi connectivity index (χ1v) is 14.8. The fourth-order valence-electron chi connectivity index (χ4n) is 6.07. The molecule has 0 bridgehead atoms. The van der Waals surface area contributed by atoms with Gasteiger partial charge in [0.05, 0.1) is 0 Å². The van der Waals surface area contributed by atoms with Crippen molar-refractivity contribution in [3.05, 3.63) is 95.6 Å². The second kappa shape index (κ2) is 13.2. The van der Waals surface area contributed by atoms with Crippen molar-refractivity contribution in [2.45, 2.75) is 50.6 Å². The van der Waals surface area contributed by atoms with Crippen LogP contribution >= 0.6 is 0 Å². The standard InChI is InChI=1S/C34H39N3O5/c1-24(31(38)36-34(32(39)40)17-20-37(21-18-34)22-25-11-3-2-4-12-25)10-9-19-35-33(41)42-23-30-28-15-7-5-13-26(28)27-14-6-8-16-29(27)30/h2-8,11-16,24,30H,9-10,17-23H2,1H3,(H,35,41)(H,36,38)(H,39,40). The Balaban J connectivity index is 1.03.